The van der Waals surface area contributed by atoms with Crippen molar-refractivity contribution in [2.75, 3.05) is 11.9 Å². The first-order valence-corrected chi connectivity index (χ1v) is 10.8. The SMILES string of the molecule is Cc1noc(C)c1COC(=O)CNS(=O)(=O)c1ccc(NCc2ccco2)c([N+](=O)[O-])c1. The number of sulfonamides is 1. The van der Waals surface area contributed by atoms with Crippen LogP contribution in [0.2, 0.25) is 0 Å². The smallest absolute Gasteiger partial charge is 0.321 e. The van der Waals surface area contributed by atoms with E-state index in [4.69, 9.17) is 13.7 Å². The lowest BCUT2D eigenvalue weighted by Gasteiger charge is -2.10. The summed E-state index contributed by atoms with van der Waals surface area (Å²) in [4.78, 5) is 22.3. The summed E-state index contributed by atoms with van der Waals surface area (Å²) in [6, 6.07) is 6.72. The lowest BCUT2D eigenvalue weighted by Crippen LogP contribution is -2.30. The number of carbonyl (C=O) groups is 1. The molecule has 0 aliphatic heterocycles. The normalized spacial score (nSPS) is 11.3. The summed E-state index contributed by atoms with van der Waals surface area (Å²) in [5.74, 6) is 0.205. The molecule has 2 N–H and O–H groups in total. The maximum atomic E-state index is 12.5. The van der Waals surface area contributed by atoms with Gasteiger partial charge in [0.15, 0.2) is 0 Å². The van der Waals surface area contributed by atoms with E-state index in [9.17, 15) is 23.3 Å². The van der Waals surface area contributed by atoms with Gasteiger partial charge in [-0.05, 0) is 38.1 Å². The molecule has 32 heavy (non-hydrogen) atoms. The van der Waals surface area contributed by atoms with Gasteiger partial charge >= 0.3 is 5.97 Å². The van der Waals surface area contributed by atoms with Crippen LogP contribution in [-0.4, -0.2) is 31.0 Å². The van der Waals surface area contributed by atoms with Crippen LogP contribution in [-0.2, 0) is 32.7 Å². The Morgan fingerprint density at radius 3 is 2.69 bits per heavy atom. The Bertz CT molecular complexity index is 1200. The van der Waals surface area contributed by atoms with Gasteiger partial charge in [-0.25, -0.2) is 8.42 Å². The lowest BCUT2D eigenvalue weighted by molar-refractivity contribution is -0.384. The number of benzene rings is 1. The van der Waals surface area contributed by atoms with Crippen molar-refractivity contribution in [1.29, 1.82) is 0 Å². The number of nitrogens with zero attached hydrogens (tertiary/aromatic N) is 2. The fourth-order valence-electron chi connectivity index (χ4n) is 2.72. The van der Waals surface area contributed by atoms with E-state index in [2.05, 4.69) is 15.2 Å². The van der Waals surface area contributed by atoms with E-state index in [1.165, 1.54) is 18.4 Å². The van der Waals surface area contributed by atoms with Crippen LogP contribution in [0.15, 0.2) is 50.4 Å². The van der Waals surface area contributed by atoms with Gasteiger partial charge in [0, 0.05) is 6.07 Å². The zero-order valence-corrected chi connectivity index (χ0v) is 18.0. The summed E-state index contributed by atoms with van der Waals surface area (Å²) in [5, 5.41) is 18.0. The third kappa shape index (κ3) is 5.50. The van der Waals surface area contributed by atoms with E-state index < -0.39 is 33.1 Å². The van der Waals surface area contributed by atoms with Crippen LogP contribution in [0.25, 0.3) is 0 Å². The van der Waals surface area contributed by atoms with Crippen LogP contribution in [0.3, 0.4) is 0 Å². The summed E-state index contributed by atoms with van der Waals surface area (Å²) < 4.78 is 42.2. The van der Waals surface area contributed by atoms with Gasteiger partial charge in [0.2, 0.25) is 10.0 Å². The molecular weight excluding hydrogens is 444 g/mol. The molecule has 2 heterocycles. The van der Waals surface area contributed by atoms with E-state index in [1.807, 2.05) is 0 Å². The summed E-state index contributed by atoms with van der Waals surface area (Å²) in [6.45, 7) is 2.74. The van der Waals surface area contributed by atoms with Crippen molar-refractivity contribution in [3.05, 3.63) is 69.5 Å². The van der Waals surface area contributed by atoms with Gasteiger partial charge in [-0.2, -0.15) is 4.72 Å². The molecule has 0 saturated carbocycles. The van der Waals surface area contributed by atoms with Gasteiger partial charge in [-0.3, -0.25) is 14.9 Å². The maximum absolute atomic E-state index is 12.5. The van der Waals surface area contributed by atoms with Crippen molar-refractivity contribution in [2.24, 2.45) is 0 Å². The molecule has 0 amide bonds. The molecule has 0 unspecified atom stereocenters. The van der Waals surface area contributed by atoms with Crippen LogP contribution in [0.1, 0.15) is 22.8 Å². The summed E-state index contributed by atoms with van der Waals surface area (Å²) in [7, 11) is -4.21. The molecule has 1 aromatic carbocycles. The quantitative estimate of drug-likeness (QED) is 0.258. The van der Waals surface area contributed by atoms with Crippen LogP contribution < -0.4 is 10.0 Å². The highest BCUT2D eigenvalue weighted by atomic mass is 32.2. The molecular formula is C19H20N4O8S. The molecule has 0 fully saturated rings. The highest BCUT2D eigenvalue weighted by Gasteiger charge is 2.22. The topological polar surface area (TPSA) is 167 Å². The predicted octanol–water partition coefficient (Wildman–Crippen LogP) is 2.43. The largest absolute Gasteiger partial charge is 0.467 e. The fraction of sp³-hybridized carbons (Fsp3) is 0.263. The minimum Gasteiger partial charge on any atom is -0.467 e. The van der Waals surface area contributed by atoms with E-state index in [1.54, 1.807) is 26.0 Å². The summed E-state index contributed by atoms with van der Waals surface area (Å²) in [5.41, 5.74) is 0.822. The van der Waals surface area contributed by atoms with E-state index in [-0.39, 0.29) is 23.7 Å². The minimum atomic E-state index is -4.21. The zero-order chi connectivity index (χ0) is 23.3. The first kappa shape index (κ1) is 23.0. The van der Waals surface area contributed by atoms with Gasteiger partial charge in [0.25, 0.3) is 5.69 Å². The Morgan fingerprint density at radius 1 is 1.28 bits per heavy atom. The second kappa shape index (κ2) is 9.62. The number of esters is 1. The molecule has 0 spiro atoms. The second-order valence-electron chi connectivity index (χ2n) is 6.66. The Kier molecular flexibility index (Phi) is 6.90. The number of furan rings is 1. The van der Waals surface area contributed by atoms with Crippen LogP contribution in [0.5, 0.6) is 0 Å². The average Bonchev–Trinajstić information content (AvgIpc) is 3.39. The molecule has 0 saturated heterocycles. The number of hydrogen-bond acceptors (Lipinski definition) is 10. The van der Waals surface area contributed by atoms with Crippen LogP contribution >= 0.6 is 0 Å². The molecule has 0 radical (unpaired) electrons. The standard InChI is InChI=1S/C19H20N4O8S/c1-12-16(13(2)31-22-12)11-30-19(24)10-21-32(27,28)15-5-6-17(18(8-15)23(25)26)20-9-14-4-3-7-29-14/h3-8,20-21H,9-11H2,1-2H3. The first-order valence-electron chi connectivity index (χ1n) is 9.29. The number of hydrogen-bond donors (Lipinski definition) is 2. The van der Waals surface area contributed by atoms with Crippen molar-refractivity contribution in [1.82, 2.24) is 9.88 Å². The molecule has 12 nitrogen and oxygen atoms in total. The molecule has 170 valence electrons. The monoisotopic (exact) mass is 464 g/mol. The molecule has 0 atom stereocenters. The summed E-state index contributed by atoms with van der Waals surface area (Å²) >= 11 is 0. The number of aromatic nitrogens is 1. The molecule has 0 aliphatic rings. The molecule has 3 aromatic rings. The van der Waals surface area contributed by atoms with E-state index in [0.717, 1.165) is 6.07 Å². The van der Waals surface area contributed by atoms with Crippen molar-refractivity contribution >= 4 is 27.4 Å². The van der Waals surface area contributed by atoms with Gasteiger partial charge in [0.1, 0.15) is 30.4 Å². The number of aryl methyl sites for hydroxylation is 2. The van der Waals surface area contributed by atoms with Gasteiger partial charge < -0.3 is 19.0 Å². The Balaban J connectivity index is 1.64. The number of ether oxygens (including phenoxy) is 1. The summed E-state index contributed by atoms with van der Waals surface area (Å²) in [6.07, 6.45) is 1.46. The minimum absolute atomic E-state index is 0.115. The number of nitro benzene ring substituents is 1. The average molecular weight is 464 g/mol. The lowest BCUT2D eigenvalue weighted by atomic mass is 10.2. The van der Waals surface area contributed by atoms with E-state index in [0.29, 0.717) is 22.8 Å². The number of nitro groups is 1. The van der Waals surface area contributed by atoms with Gasteiger partial charge in [-0.1, -0.05) is 5.16 Å². The number of rotatable bonds is 10. The Hall–Kier alpha value is -3.71. The van der Waals surface area contributed by atoms with Gasteiger partial charge in [-0.15, -0.1) is 0 Å². The predicted molar refractivity (Wildman–Crippen MR) is 110 cm³/mol. The zero-order valence-electron chi connectivity index (χ0n) is 17.2. The molecule has 2 aromatic heterocycles. The maximum Gasteiger partial charge on any atom is 0.321 e. The van der Waals surface area contributed by atoms with Crippen molar-refractivity contribution < 1.29 is 31.8 Å². The molecule has 0 aliphatic carbocycles. The van der Waals surface area contributed by atoms with E-state index >= 15 is 0 Å². The second-order valence-corrected chi connectivity index (χ2v) is 8.42. The number of anilines is 1. The highest BCUT2D eigenvalue weighted by molar-refractivity contribution is 7.89. The van der Waals surface area contributed by atoms with Gasteiger partial charge in [0.05, 0.1) is 33.9 Å². The third-order valence-corrected chi connectivity index (χ3v) is 5.87. The van der Waals surface area contributed by atoms with Crippen molar-refractivity contribution in [3.63, 3.8) is 0 Å². The van der Waals surface area contributed by atoms with Crippen LogP contribution in [0, 0.1) is 24.0 Å². The fourth-order valence-corrected chi connectivity index (χ4v) is 3.71. The number of nitrogens with one attached hydrogen (secondary N) is 2. The Morgan fingerprint density at radius 2 is 2.06 bits per heavy atom. The molecule has 13 heteroatoms. The van der Waals surface area contributed by atoms with Crippen LogP contribution in [0.4, 0.5) is 11.4 Å². The Labute approximate surface area is 182 Å². The number of carbonyl (C=O) groups excluding carboxylic acids is 1. The first-order chi connectivity index (χ1) is 15.2. The highest BCUT2D eigenvalue weighted by Crippen LogP contribution is 2.28. The molecule has 3 rings (SSSR count). The molecule has 0 bridgehead atoms. The van der Waals surface area contributed by atoms with Crippen molar-refractivity contribution in [2.45, 2.75) is 31.9 Å². The third-order valence-electron chi connectivity index (χ3n) is 4.47. The van der Waals surface area contributed by atoms with Crippen molar-refractivity contribution in [3.8, 4) is 0 Å².